The van der Waals surface area contributed by atoms with Gasteiger partial charge in [0, 0.05) is 18.6 Å². The van der Waals surface area contributed by atoms with Crippen LogP contribution in [0.2, 0.25) is 0 Å². The van der Waals surface area contributed by atoms with Crippen molar-refractivity contribution in [1.29, 1.82) is 5.26 Å². The molecule has 5 nitrogen and oxygen atoms in total. The number of amides is 1. The minimum atomic E-state index is -0.233. The third-order valence-corrected chi connectivity index (χ3v) is 3.90. The summed E-state index contributed by atoms with van der Waals surface area (Å²) in [6.07, 6.45) is 4.01. The highest BCUT2D eigenvalue weighted by atomic mass is 16.3. The molecule has 0 bridgehead atoms. The van der Waals surface area contributed by atoms with Crippen LogP contribution in [0.1, 0.15) is 47.4 Å². The number of rotatable bonds is 3. The van der Waals surface area contributed by atoms with Crippen molar-refractivity contribution in [2.45, 2.75) is 38.6 Å². The molecule has 1 saturated carbocycles. The fourth-order valence-electron chi connectivity index (χ4n) is 2.66. The van der Waals surface area contributed by atoms with E-state index in [0.29, 0.717) is 17.0 Å². The minimum Gasteiger partial charge on any atom is -0.396 e. The summed E-state index contributed by atoms with van der Waals surface area (Å²) in [6.45, 7) is 1.82. The van der Waals surface area contributed by atoms with Gasteiger partial charge in [-0.25, -0.2) is 4.98 Å². The molecule has 1 amide bonds. The highest BCUT2D eigenvalue weighted by Gasteiger charge is 2.26. The van der Waals surface area contributed by atoms with Crippen LogP contribution in [0.3, 0.4) is 0 Å². The van der Waals surface area contributed by atoms with Crippen molar-refractivity contribution in [3.63, 3.8) is 0 Å². The maximum Gasteiger partial charge on any atom is 0.270 e. The average molecular weight is 273 g/mol. The molecule has 20 heavy (non-hydrogen) atoms. The summed E-state index contributed by atoms with van der Waals surface area (Å²) in [7, 11) is 0. The summed E-state index contributed by atoms with van der Waals surface area (Å²) in [5.74, 6) is -0.102. The number of aryl methyl sites for hydroxylation is 1. The lowest BCUT2D eigenvalue weighted by atomic mass is 9.85. The third kappa shape index (κ3) is 3.14. The van der Waals surface area contributed by atoms with Crippen molar-refractivity contribution in [2.75, 3.05) is 6.61 Å². The Balaban J connectivity index is 2.08. The molecule has 2 rings (SSSR count). The Morgan fingerprint density at radius 1 is 1.50 bits per heavy atom. The Morgan fingerprint density at radius 2 is 2.25 bits per heavy atom. The quantitative estimate of drug-likeness (QED) is 0.874. The molecule has 1 fully saturated rings. The summed E-state index contributed by atoms with van der Waals surface area (Å²) in [5.41, 5.74) is 1.36. The fourth-order valence-corrected chi connectivity index (χ4v) is 2.66. The van der Waals surface area contributed by atoms with E-state index >= 15 is 0 Å². The molecular formula is C15H19N3O2. The highest BCUT2D eigenvalue weighted by molar-refractivity contribution is 5.92. The molecule has 1 heterocycles. The molecule has 2 atom stereocenters. The first-order chi connectivity index (χ1) is 9.65. The number of nitrogens with zero attached hydrogens (tertiary/aromatic N) is 2. The lowest BCUT2D eigenvalue weighted by Gasteiger charge is -2.30. The number of aromatic nitrogens is 1. The van der Waals surface area contributed by atoms with Crippen LogP contribution in [-0.4, -0.2) is 28.6 Å². The molecular weight excluding hydrogens is 254 g/mol. The summed E-state index contributed by atoms with van der Waals surface area (Å²) in [6, 6.07) is 5.22. The second-order valence-corrected chi connectivity index (χ2v) is 5.25. The molecule has 2 unspecified atom stereocenters. The average Bonchev–Trinajstić information content (AvgIpc) is 2.47. The van der Waals surface area contributed by atoms with E-state index < -0.39 is 0 Å². The number of hydrogen-bond donors (Lipinski definition) is 2. The lowest BCUT2D eigenvalue weighted by Crippen LogP contribution is -2.43. The molecule has 1 aliphatic carbocycles. The standard InChI is InChI=1S/C15H19N3O2/c1-10-11(8-16)6-7-14(17-10)15(20)18-13-5-3-2-4-12(13)9-19/h6-7,12-13,19H,2-5,9H2,1H3,(H,18,20). The molecule has 5 heteroatoms. The van der Waals surface area contributed by atoms with Crippen molar-refractivity contribution in [3.8, 4) is 6.07 Å². The van der Waals surface area contributed by atoms with Crippen LogP contribution < -0.4 is 5.32 Å². The fraction of sp³-hybridized carbons (Fsp3) is 0.533. The number of nitrogens with one attached hydrogen (secondary N) is 1. The van der Waals surface area contributed by atoms with Gasteiger partial charge in [0.1, 0.15) is 11.8 Å². The van der Waals surface area contributed by atoms with Gasteiger partial charge in [-0.1, -0.05) is 12.8 Å². The Morgan fingerprint density at radius 3 is 2.90 bits per heavy atom. The van der Waals surface area contributed by atoms with E-state index in [-0.39, 0.29) is 24.5 Å². The summed E-state index contributed by atoms with van der Waals surface area (Å²) < 4.78 is 0. The second-order valence-electron chi connectivity index (χ2n) is 5.25. The zero-order valence-corrected chi connectivity index (χ0v) is 11.6. The Bertz CT molecular complexity index is 536. The first-order valence-electron chi connectivity index (χ1n) is 6.95. The first-order valence-corrected chi connectivity index (χ1v) is 6.95. The number of carbonyl (C=O) groups excluding carboxylic acids is 1. The van der Waals surface area contributed by atoms with Crippen LogP contribution in [0.15, 0.2) is 12.1 Å². The number of carbonyl (C=O) groups is 1. The molecule has 0 saturated heterocycles. The van der Waals surface area contributed by atoms with Gasteiger partial charge >= 0.3 is 0 Å². The van der Waals surface area contributed by atoms with Crippen molar-refractivity contribution < 1.29 is 9.90 Å². The van der Waals surface area contributed by atoms with E-state index in [1.54, 1.807) is 19.1 Å². The van der Waals surface area contributed by atoms with Crippen molar-refractivity contribution in [3.05, 3.63) is 29.1 Å². The number of aliphatic hydroxyl groups excluding tert-OH is 1. The van der Waals surface area contributed by atoms with Gasteiger partial charge in [0.05, 0.1) is 11.3 Å². The van der Waals surface area contributed by atoms with Crippen LogP contribution in [0.4, 0.5) is 0 Å². The highest BCUT2D eigenvalue weighted by Crippen LogP contribution is 2.24. The SMILES string of the molecule is Cc1nc(C(=O)NC2CCCCC2CO)ccc1C#N. The number of hydrogen-bond acceptors (Lipinski definition) is 4. The smallest absolute Gasteiger partial charge is 0.270 e. The molecule has 2 N–H and O–H groups in total. The van der Waals surface area contributed by atoms with Crippen LogP contribution in [-0.2, 0) is 0 Å². The van der Waals surface area contributed by atoms with Crippen LogP contribution >= 0.6 is 0 Å². The van der Waals surface area contributed by atoms with Gasteiger partial charge < -0.3 is 10.4 Å². The van der Waals surface area contributed by atoms with Crippen molar-refractivity contribution in [2.24, 2.45) is 5.92 Å². The first kappa shape index (κ1) is 14.5. The molecule has 1 aromatic heterocycles. The monoisotopic (exact) mass is 273 g/mol. The molecule has 106 valence electrons. The zero-order valence-electron chi connectivity index (χ0n) is 11.6. The van der Waals surface area contributed by atoms with Gasteiger partial charge in [0.2, 0.25) is 0 Å². The van der Waals surface area contributed by atoms with E-state index in [1.807, 2.05) is 6.07 Å². The van der Waals surface area contributed by atoms with E-state index in [4.69, 9.17) is 5.26 Å². The molecule has 0 spiro atoms. The van der Waals surface area contributed by atoms with Crippen molar-refractivity contribution >= 4 is 5.91 Å². The Labute approximate surface area is 118 Å². The normalized spacial score (nSPS) is 22.1. The van der Waals surface area contributed by atoms with Gasteiger partial charge in [0.25, 0.3) is 5.91 Å². The van der Waals surface area contributed by atoms with E-state index in [1.165, 1.54) is 0 Å². The predicted molar refractivity (Wildman–Crippen MR) is 74.0 cm³/mol. The molecule has 0 aromatic carbocycles. The molecule has 0 radical (unpaired) electrons. The van der Waals surface area contributed by atoms with E-state index in [9.17, 15) is 9.90 Å². The number of aliphatic hydroxyl groups is 1. The summed E-state index contributed by atoms with van der Waals surface area (Å²) in [5, 5.41) is 21.2. The van der Waals surface area contributed by atoms with E-state index in [2.05, 4.69) is 10.3 Å². The number of pyridine rings is 1. The maximum atomic E-state index is 12.2. The van der Waals surface area contributed by atoms with Crippen LogP contribution in [0, 0.1) is 24.2 Å². The lowest BCUT2D eigenvalue weighted by molar-refractivity contribution is 0.0867. The van der Waals surface area contributed by atoms with Gasteiger partial charge in [0.15, 0.2) is 0 Å². The second kappa shape index (κ2) is 6.49. The Kier molecular flexibility index (Phi) is 4.70. The predicted octanol–water partition coefficient (Wildman–Crippen LogP) is 1.54. The minimum absolute atomic E-state index is 0.0130. The van der Waals surface area contributed by atoms with Gasteiger partial charge in [-0.15, -0.1) is 0 Å². The van der Waals surface area contributed by atoms with Crippen molar-refractivity contribution in [1.82, 2.24) is 10.3 Å². The summed E-state index contributed by atoms with van der Waals surface area (Å²) in [4.78, 5) is 16.4. The van der Waals surface area contributed by atoms with Gasteiger partial charge in [-0.05, 0) is 31.9 Å². The number of nitriles is 1. The largest absolute Gasteiger partial charge is 0.396 e. The van der Waals surface area contributed by atoms with E-state index in [0.717, 1.165) is 25.7 Å². The van der Waals surface area contributed by atoms with Gasteiger partial charge in [-0.2, -0.15) is 5.26 Å². The molecule has 1 aromatic rings. The van der Waals surface area contributed by atoms with Crippen LogP contribution in [0.25, 0.3) is 0 Å². The molecule has 1 aliphatic rings. The third-order valence-electron chi connectivity index (χ3n) is 3.90. The van der Waals surface area contributed by atoms with Gasteiger partial charge in [-0.3, -0.25) is 4.79 Å². The maximum absolute atomic E-state index is 12.2. The molecule has 0 aliphatic heterocycles. The summed E-state index contributed by atoms with van der Waals surface area (Å²) >= 11 is 0. The topological polar surface area (TPSA) is 86.0 Å². The van der Waals surface area contributed by atoms with Crippen LogP contribution in [0.5, 0.6) is 0 Å². The zero-order chi connectivity index (χ0) is 14.5. The Hall–Kier alpha value is -1.93.